The number of amides is 2. The van der Waals surface area contributed by atoms with Gasteiger partial charge in [-0.3, -0.25) is 0 Å². The fraction of sp³-hybridized carbons (Fsp3) is 0.611. The molecule has 24 heavy (non-hydrogen) atoms. The highest BCUT2D eigenvalue weighted by Gasteiger charge is 2.35. The lowest BCUT2D eigenvalue weighted by molar-refractivity contribution is 0.0660. The first-order valence-electron chi connectivity index (χ1n) is 8.48. The van der Waals surface area contributed by atoms with Crippen LogP contribution in [0.2, 0.25) is 0 Å². The van der Waals surface area contributed by atoms with Crippen LogP contribution in [0, 0.1) is 5.92 Å². The molecule has 1 atom stereocenters. The molecule has 0 saturated carbocycles. The zero-order valence-corrected chi connectivity index (χ0v) is 15.5. The molecule has 1 aromatic carbocycles. The molecular formula is C18H28ClN3O2. The lowest BCUT2D eigenvalue weighted by Crippen LogP contribution is -2.48. The first-order valence-corrected chi connectivity index (χ1v) is 8.48. The molecule has 0 aromatic heterocycles. The third kappa shape index (κ3) is 4.07. The highest BCUT2D eigenvalue weighted by Crippen LogP contribution is 2.40. The van der Waals surface area contributed by atoms with Crippen molar-refractivity contribution >= 4 is 24.1 Å². The SMILES string of the molecule is CC1CCN(C(=O)NC2CC(C)(C)Oc3ccc(N)cc32)CC1.Cl. The third-order valence-corrected chi connectivity index (χ3v) is 4.86. The number of nitrogens with one attached hydrogen (secondary N) is 1. The topological polar surface area (TPSA) is 67.6 Å². The van der Waals surface area contributed by atoms with E-state index in [-0.39, 0.29) is 30.1 Å². The number of benzene rings is 1. The molecule has 5 nitrogen and oxygen atoms in total. The maximum Gasteiger partial charge on any atom is 0.317 e. The highest BCUT2D eigenvalue weighted by molar-refractivity contribution is 5.85. The van der Waals surface area contributed by atoms with Crippen molar-refractivity contribution in [2.75, 3.05) is 18.8 Å². The Morgan fingerprint density at radius 1 is 1.33 bits per heavy atom. The summed E-state index contributed by atoms with van der Waals surface area (Å²) in [6.07, 6.45) is 2.89. The minimum atomic E-state index is -0.308. The van der Waals surface area contributed by atoms with Crippen LogP contribution in [0.1, 0.15) is 51.6 Å². The Hall–Kier alpha value is -1.62. The normalized spacial score (nSPS) is 22.8. The summed E-state index contributed by atoms with van der Waals surface area (Å²) in [5.41, 5.74) is 7.28. The first kappa shape index (κ1) is 18.7. The van der Waals surface area contributed by atoms with Crippen LogP contribution in [-0.4, -0.2) is 29.6 Å². The number of urea groups is 1. The zero-order valence-electron chi connectivity index (χ0n) is 14.7. The van der Waals surface area contributed by atoms with Crippen molar-refractivity contribution in [3.05, 3.63) is 23.8 Å². The second-order valence-electron chi connectivity index (χ2n) is 7.53. The largest absolute Gasteiger partial charge is 0.487 e. The Morgan fingerprint density at radius 2 is 2.00 bits per heavy atom. The van der Waals surface area contributed by atoms with Gasteiger partial charge < -0.3 is 20.7 Å². The van der Waals surface area contributed by atoms with Crippen molar-refractivity contribution in [1.82, 2.24) is 10.2 Å². The average Bonchev–Trinajstić information content (AvgIpc) is 2.48. The van der Waals surface area contributed by atoms with Crippen molar-refractivity contribution in [3.8, 4) is 5.75 Å². The van der Waals surface area contributed by atoms with E-state index in [9.17, 15) is 4.79 Å². The molecule has 1 unspecified atom stereocenters. The molecule has 1 fully saturated rings. The van der Waals surface area contributed by atoms with E-state index in [4.69, 9.17) is 10.5 Å². The molecule has 0 aliphatic carbocycles. The van der Waals surface area contributed by atoms with E-state index in [1.807, 2.05) is 36.9 Å². The van der Waals surface area contributed by atoms with Gasteiger partial charge in [0.05, 0.1) is 6.04 Å². The number of likely N-dealkylation sites (tertiary alicyclic amines) is 1. The molecular weight excluding hydrogens is 326 g/mol. The van der Waals surface area contributed by atoms with Crippen LogP contribution < -0.4 is 15.8 Å². The molecule has 6 heteroatoms. The van der Waals surface area contributed by atoms with Gasteiger partial charge in [-0.05, 0) is 50.8 Å². The van der Waals surface area contributed by atoms with Gasteiger partial charge in [-0.1, -0.05) is 6.92 Å². The fourth-order valence-electron chi connectivity index (χ4n) is 3.45. The van der Waals surface area contributed by atoms with Gasteiger partial charge in [0.15, 0.2) is 0 Å². The predicted octanol–water partition coefficient (Wildman–Crippen LogP) is 3.73. The number of rotatable bonds is 1. The summed E-state index contributed by atoms with van der Waals surface area (Å²) in [4.78, 5) is 14.5. The summed E-state index contributed by atoms with van der Waals surface area (Å²) in [6.45, 7) is 8.02. The second kappa shape index (κ2) is 7.09. The Kier molecular flexibility index (Phi) is 5.53. The molecule has 2 aliphatic heterocycles. The van der Waals surface area contributed by atoms with E-state index in [0.29, 0.717) is 11.6 Å². The first-order chi connectivity index (χ1) is 10.8. The van der Waals surface area contributed by atoms with Crippen LogP contribution >= 0.6 is 12.4 Å². The summed E-state index contributed by atoms with van der Waals surface area (Å²) in [7, 11) is 0. The molecule has 2 heterocycles. The lowest BCUT2D eigenvalue weighted by atomic mass is 9.89. The number of hydrogen-bond acceptors (Lipinski definition) is 3. The number of piperidine rings is 1. The molecule has 0 radical (unpaired) electrons. The van der Waals surface area contributed by atoms with Crippen LogP contribution in [-0.2, 0) is 0 Å². The minimum absolute atomic E-state index is 0. The molecule has 2 aliphatic rings. The third-order valence-electron chi connectivity index (χ3n) is 4.86. The van der Waals surface area contributed by atoms with Crippen molar-refractivity contribution in [2.45, 2.75) is 51.7 Å². The standard InChI is InChI=1S/C18H27N3O2.ClH/c1-12-6-8-21(9-7-12)17(22)20-15-11-18(2,3)23-16-5-4-13(19)10-14(15)16;/h4-5,10,12,15H,6-9,11,19H2,1-3H3,(H,20,22);1H. The molecule has 1 aromatic rings. The van der Waals surface area contributed by atoms with Gasteiger partial charge in [-0.2, -0.15) is 0 Å². The summed E-state index contributed by atoms with van der Waals surface area (Å²) in [5, 5.41) is 3.19. The number of nitrogen functional groups attached to an aromatic ring is 1. The molecule has 0 bridgehead atoms. The van der Waals surface area contributed by atoms with Crippen molar-refractivity contribution in [1.29, 1.82) is 0 Å². The molecule has 3 N–H and O–H groups in total. The molecule has 3 rings (SSSR count). The van der Waals surface area contributed by atoms with E-state index in [1.165, 1.54) is 0 Å². The van der Waals surface area contributed by atoms with Gasteiger partial charge in [0.1, 0.15) is 11.4 Å². The van der Waals surface area contributed by atoms with Crippen molar-refractivity contribution in [2.24, 2.45) is 5.92 Å². The average molecular weight is 354 g/mol. The van der Waals surface area contributed by atoms with E-state index >= 15 is 0 Å². The smallest absolute Gasteiger partial charge is 0.317 e. The summed E-state index contributed by atoms with van der Waals surface area (Å²) >= 11 is 0. The Labute approximate surface area is 150 Å². The predicted molar refractivity (Wildman–Crippen MR) is 98.7 cm³/mol. The maximum absolute atomic E-state index is 12.6. The molecule has 1 saturated heterocycles. The lowest BCUT2D eigenvalue weighted by Gasteiger charge is -2.39. The minimum Gasteiger partial charge on any atom is -0.487 e. The van der Waals surface area contributed by atoms with Gasteiger partial charge in [-0.15, -0.1) is 12.4 Å². The van der Waals surface area contributed by atoms with Crippen LogP contribution in [0.4, 0.5) is 10.5 Å². The Bertz CT molecular complexity index is 598. The second-order valence-corrected chi connectivity index (χ2v) is 7.53. The number of ether oxygens (including phenoxy) is 1. The molecule has 2 amide bonds. The quantitative estimate of drug-likeness (QED) is 0.756. The monoisotopic (exact) mass is 353 g/mol. The summed E-state index contributed by atoms with van der Waals surface area (Å²) in [6, 6.07) is 5.60. The number of carbonyl (C=O) groups is 1. The van der Waals surface area contributed by atoms with Crippen molar-refractivity contribution in [3.63, 3.8) is 0 Å². The van der Waals surface area contributed by atoms with Crippen LogP contribution in [0.3, 0.4) is 0 Å². The number of nitrogens with two attached hydrogens (primary N) is 1. The van der Waals surface area contributed by atoms with E-state index < -0.39 is 0 Å². The van der Waals surface area contributed by atoms with E-state index in [1.54, 1.807) is 0 Å². The van der Waals surface area contributed by atoms with Gasteiger partial charge >= 0.3 is 6.03 Å². The number of fused-ring (bicyclic) bond motifs is 1. The van der Waals surface area contributed by atoms with Gasteiger partial charge in [-0.25, -0.2) is 4.79 Å². The number of carbonyl (C=O) groups excluding carboxylic acids is 1. The number of anilines is 1. The number of halogens is 1. The van der Waals surface area contributed by atoms with Crippen molar-refractivity contribution < 1.29 is 9.53 Å². The molecule has 0 spiro atoms. The van der Waals surface area contributed by atoms with Crippen LogP contribution in [0.25, 0.3) is 0 Å². The summed E-state index contributed by atoms with van der Waals surface area (Å²) < 4.78 is 6.03. The van der Waals surface area contributed by atoms with E-state index in [0.717, 1.165) is 43.7 Å². The number of nitrogens with zero attached hydrogens (tertiary/aromatic N) is 1. The van der Waals surface area contributed by atoms with E-state index in [2.05, 4.69) is 12.2 Å². The Balaban J connectivity index is 0.00000208. The zero-order chi connectivity index (χ0) is 16.6. The van der Waals surface area contributed by atoms with Gasteiger partial charge in [0.2, 0.25) is 0 Å². The fourth-order valence-corrected chi connectivity index (χ4v) is 3.45. The van der Waals surface area contributed by atoms with Gasteiger partial charge in [0, 0.05) is 30.8 Å². The Morgan fingerprint density at radius 3 is 2.67 bits per heavy atom. The van der Waals surface area contributed by atoms with Gasteiger partial charge in [0.25, 0.3) is 0 Å². The number of hydrogen-bond donors (Lipinski definition) is 2. The van der Waals surface area contributed by atoms with Crippen LogP contribution in [0.5, 0.6) is 5.75 Å². The summed E-state index contributed by atoms with van der Waals surface area (Å²) in [5.74, 6) is 1.52. The maximum atomic E-state index is 12.6. The highest BCUT2D eigenvalue weighted by atomic mass is 35.5. The molecule has 134 valence electrons. The van der Waals surface area contributed by atoms with Crippen LogP contribution in [0.15, 0.2) is 18.2 Å².